The Labute approximate surface area is 65.3 Å². The molecule has 0 aliphatic rings. The molecule has 0 aromatic rings. The first kappa shape index (κ1) is 10.5. The van der Waals surface area contributed by atoms with E-state index in [-0.39, 0.29) is 32.7 Å². The highest BCUT2D eigenvalue weighted by Gasteiger charge is 1.99. The zero-order valence-electron chi connectivity index (χ0n) is 6.52. The predicted molar refractivity (Wildman–Crippen MR) is 39.1 cm³/mol. The first-order valence-corrected chi connectivity index (χ1v) is 3.44. The van der Waals surface area contributed by atoms with Crippen molar-refractivity contribution in [2.24, 2.45) is 5.18 Å². The Morgan fingerprint density at radius 3 is 2.64 bits per heavy atom. The van der Waals surface area contributed by atoms with E-state index in [2.05, 4.69) is 5.18 Å². The molecule has 5 heteroatoms. The topological polar surface area (TPSA) is 68.1 Å². The van der Waals surface area contributed by atoms with Crippen LogP contribution < -0.4 is 0 Å². The van der Waals surface area contributed by atoms with Crippen molar-refractivity contribution >= 4 is 0 Å². The number of aliphatic hydroxyl groups is 1. The summed E-state index contributed by atoms with van der Waals surface area (Å²) in [6, 6.07) is 0. The van der Waals surface area contributed by atoms with Gasteiger partial charge in [-0.3, -0.25) is 0 Å². The van der Waals surface area contributed by atoms with E-state index in [1.165, 1.54) is 0 Å². The maximum Gasteiger partial charge on any atom is 0.154 e. The third kappa shape index (κ3) is 7.38. The van der Waals surface area contributed by atoms with Crippen molar-refractivity contribution < 1.29 is 14.6 Å². The van der Waals surface area contributed by atoms with Gasteiger partial charge in [0, 0.05) is 0 Å². The van der Waals surface area contributed by atoms with Crippen LogP contribution in [0.25, 0.3) is 0 Å². The minimum atomic E-state index is -0.385. The van der Waals surface area contributed by atoms with Gasteiger partial charge in [-0.05, 0) is 6.92 Å². The lowest BCUT2D eigenvalue weighted by Crippen LogP contribution is -2.16. The maximum atomic E-state index is 9.59. The van der Waals surface area contributed by atoms with Crippen LogP contribution in [0.2, 0.25) is 0 Å². The first-order chi connectivity index (χ1) is 5.31. The molecule has 1 atom stereocenters. The van der Waals surface area contributed by atoms with Crippen LogP contribution in [0.1, 0.15) is 6.92 Å². The van der Waals surface area contributed by atoms with Gasteiger partial charge in [0.05, 0.1) is 19.8 Å². The van der Waals surface area contributed by atoms with Crippen LogP contribution in [0.3, 0.4) is 0 Å². The molecule has 0 spiro atoms. The van der Waals surface area contributed by atoms with Crippen molar-refractivity contribution in [1.29, 1.82) is 0 Å². The molecular formula is C6H13NO4. The third-order valence-corrected chi connectivity index (χ3v) is 0.979. The number of nitroso groups, excluding NO2 is 1. The molecule has 1 unspecified atom stereocenters. The van der Waals surface area contributed by atoms with Gasteiger partial charge in [-0.1, -0.05) is 5.18 Å². The lowest BCUT2D eigenvalue weighted by molar-refractivity contribution is -0.133. The largest absolute Gasteiger partial charge is 0.394 e. The van der Waals surface area contributed by atoms with Crippen LogP contribution >= 0.6 is 0 Å². The summed E-state index contributed by atoms with van der Waals surface area (Å²) in [5.74, 6) is 0. The molecule has 0 rings (SSSR count). The maximum absolute atomic E-state index is 9.59. The summed E-state index contributed by atoms with van der Waals surface area (Å²) < 4.78 is 9.88. The molecule has 0 saturated carbocycles. The van der Waals surface area contributed by atoms with Gasteiger partial charge in [0.25, 0.3) is 0 Å². The molecule has 5 nitrogen and oxygen atoms in total. The first-order valence-electron chi connectivity index (χ1n) is 3.44. The molecule has 0 bridgehead atoms. The normalized spacial score (nSPS) is 12.9. The fourth-order valence-corrected chi connectivity index (χ4v) is 0.523. The average molecular weight is 163 g/mol. The molecule has 66 valence electrons. The zero-order valence-corrected chi connectivity index (χ0v) is 6.52. The van der Waals surface area contributed by atoms with Crippen molar-refractivity contribution in [2.75, 3.05) is 26.4 Å². The van der Waals surface area contributed by atoms with Crippen LogP contribution in [0.15, 0.2) is 5.18 Å². The fraction of sp³-hybridized carbons (Fsp3) is 1.00. The van der Waals surface area contributed by atoms with Crippen molar-refractivity contribution in [1.82, 2.24) is 0 Å². The van der Waals surface area contributed by atoms with E-state index in [9.17, 15) is 4.91 Å². The van der Waals surface area contributed by atoms with Gasteiger partial charge in [0.15, 0.2) is 6.29 Å². The second-order valence-electron chi connectivity index (χ2n) is 1.89. The second-order valence-corrected chi connectivity index (χ2v) is 1.89. The quantitative estimate of drug-likeness (QED) is 0.329. The number of nitrogens with zero attached hydrogens (tertiary/aromatic N) is 1. The van der Waals surface area contributed by atoms with E-state index in [4.69, 9.17) is 14.6 Å². The van der Waals surface area contributed by atoms with Crippen molar-refractivity contribution in [3.63, 3.8) is 0 Å². The van der Waals surface area contributed by atoms with Crippen molar-refractivity contribution in [3.8, 4) is 0 Å². The number of hydrogen-bond acceptors (Lipinski definition) is 5. The second kappa shape index (κ2) is 7.59. The molecule has 0 saturated heterocycles. The molecular weight excluding hydrogens is 150 g/mol. The van der Waals surface area contributed by atoms with Crippen LogP contribution in [0.5, 0.6) is 0 Å². The predicted octanol–water partition coefficient (Wildman–Crippen LogP) is 0.124. The Morgan fingerprint density at radius 2 is 2.09 bits per heavy atom. The molecule has 0 fully saturated rings. The Morgan fingerprint density at radius 1 is 1.45 bits per heavy atom. The lowest BCUT2D eigenvalue weighted by atomic mass is 10.6. The molecule has 0 amide bonds. The summed E-state index contributed by atoms with van der Waals surface area (Å²) >= 11 is 0. The van der Waals surface area contributed by atoms with E-state index >= 15 is 0 Å². The number of hydrogen-bond donors (Lipinski definition) is 1. The molecule has 0 aliphatic heterocycles. The van der Waals surface area contributed by atoms with Crippen LogP contribution in [-0.2, 0) is 9.47 Å². The molecule has 0 aromatic carbocycles. The summed E-state index contributed by atoms with van der Waals surface area (Å²) in [7, 11) is 0. The SMILES string of the molecule is CC(OCCO)OCCN=O. The molecule has 0 radical (unpaired) electrons. The molecule has 1 N–H and O–H groups in total. The van der Waals surface area contributed by atoms with Gasteiger partial charge in [-0.2, -0.15) is 4.91 Å². The number of aliphatic hydroxyl groups excluding tert-OH is 1. The Bertz CT molecular complexity index is 98.6. The van der Waals surface area contributed by atoms with Crippen LogP contribution in [0.4, 0.5) is 0 Å². The monoisotopic (exact) mass is 163 g/mol. The van der Waals surface area contributed by atoms with E-state index in [0.29, 0.717) is 0 Å². The van der Waals surface area contributed by atoms with Crippen molar-refractivity contribution in [3.05, 3.63) is 4.91 Å². The molecule has 0 aliphatic carbocycles. The summed E-state index contributed by atoms with van der Waals surface area (Å²) in [6.07, 6.45) is -0.385. The Kier molecular flexibility index (Phi) is 7.23. The molecule has 0 aromatic heterocycles. The number of ether oxygens (including phenoxy) is 2. The Hall–Kier alpha value is -0.520. The van der Waals surface area contributed by atoms with Crippen LogP contribution in [-0.4, -0.2) is 37.8 Å². The lowest BCUT2D eigenvalue weighted by Gasteiger charge is -2.11. The van der Waals surface area contributed by atoms with Gasteiger partial charge in [0.2, 0.25) is 0 Å². The highest BCUT2D eigenvalue weighted by molar-refractivity contribution is 4.39. The smallest absolute Gasteiger partial charge is 0.154 e. The summed E-state index contributed by atoms with van der Waals surface area (Å²) in [5, 5.41) is 10.9. The molecule has 11 heavy (non-hydrogen) atoms. The van der Waals surface area contributed by atoms with Crippen molar-refractivity contribution in [2.45, 2.75) is 13.2 Å². The number of rotatable bonds is 7. The van der Waals surface area contributed by atoms with Gasteiger partial charge in [-0.15, -0.1) is 0 Å². The van der Waals surface area contributed by atoms with Gasteiger partial charge in [0.1, 0.15) is 6.54 Å². The van der Waals surface area contributed by atoms with Gasteiger partial charge < -0.3 is 14.6 Å². The van der Waals surface area contributed by atoms with E-state index in [1.807, 2.05) is 0 Å². The standard InChI is InChI=1S/C6H13NO4/c1-6(11-5-3-8)10-4-2-7-9/h6,8H,2-5H2,1H3. The van der Waals surface area contributed by atoms with Gasteiger partial charge >= 0.3 is 0 Å². The zero-order chi connectivity index (χ0) is 8.53. The van der Waals surface area contributed by atoms with E-state index in [0.717, 1.165) is 0 Å². The highest BCUT2D eigenvalue weighted by atomic mass is 16.7. The van der Waals surface area contributed by atoms with E-state index in [1.54, 1.807) is 6.92 Å². The minimum Gasteiger partial charge on any atom is -0.394 e. The Balaban J connectivity index is 3.08. The summed E-state index contributed by atoms with van der Waals surface area (Å²) in [4.78, 5) is 9.59. The highest BCUT2D eigenvalue weighted by Crippen LogP contribution is 1.91. The van der Waals surface area contributed by atoms with E-state index < -0.39 is 0 Å². The third-order valence-electron chi connectivity index (χ3n) is 0.979. The fourth-order valence-electron chi connectivity index (χ4n) is 0.523. The summed E-state index contributed by atoms with van der Waals surface area (Å²) in [5.41, 5.74) is 0. The summed E-state index contributed by atoms with van der Waals surface area (Å²) in [6.45, 7) is 2.30. The van der Waals surface area contributed by atoms with Gasteiger partial charge in [-0.25, -0.2) is 0 Å². The minimum absolute atomic E-state index is 0.0281. The average Bonchev–Trinajstić information content (AvgIpc) is 2.01. The van der Waals surface area contributed by atoms with Crippen LogP contribution in [0, 0.1) is 4.91 Å². The molecule has 0 heterocycles.